The van der Waals surface area contributed by atoms with E-state index in [1.54, 1.807) is 20.8 Å². The van der Waals surface area contributed by atoms with E-state index in [9.17, 15) is 19.5 Å². The molecule has 3 amide bonds. The number of nitrogens with one attached hydrogen (secondary N) is 3. The van der Waals surface area contributed by atoms with Crippen LogP contribution in [0.5, 0.6) is 0 Å². The van der Waals surface area contributed by atoms with Gasteiger partial charge in [0.2, 0.25) is 0 Å². The highest BCUT2D eigenvalue weighted by atomic mass is 16.6. The Kier molecular flexibility index (Phi) is 6.07. The standard InChI is InChI=1S/C18H25N3O5/c1-18(2,3)26-17(25)21-14(15(22)23)10-19-16(24)20-13-9-8-11-6-4-5-7-12(11)13/h4-7,13-14H,8-10H2,1-3H3,(H,21,25)(H,22,23)(H2,19,20,24)/t13?,14-/m0/s1. The van der Waals surface area contributed by atoms with E-state index >= 15 is 0 Å². The Morgan fingerprint density at radius 2 is 1.96 bits per heavy atom. The van der Waals surface area contributed by atoms with E-state index in [1.807, 2.05) is 24.3 Å². The molecule has 1 aromatic rings. The highest BCUT2D eigenvalue weighted by Crippen LogP contribution is 2.30. The Morgan fingerprint density at radius 1 is 1.27 bits per heavy atom. The van der Waals surface area contributed by atoms with Gasteiger partial charge in [-0.3, -0.25) is 0 Å². The van der Waals surface area contributed by atoms with Crippen LogP contribution in [0, 0.1) is 0 Å². The molecule has 1 aliphatic carbocycles. The number of fused-ring (bicyclic) bond motifs is 1. The highest BCUT2D eigenvalue weighted by molar-refractivity contribution is 5.81. The highest BCUT2D eigenvalue weighted by Gasteiger charge is 2.26. The number of amides is 3. The maximum Gasteiger partial charge on any atom is 0.408 e. The average Bonchev–Trinajstić information content (AvgIpc) is 2.92. The maximum absolute atomic E-state index is 12.1. The van der Waals surface area contributed by atoms with Crippen LogP contribution in [0.1, 0.15) is 44.4 Å². The normalized spacial score (nSPS) is 17.0. The van der Waals surface area contributed by atoms with E-state index in [0.29, 0.717) is 0 Å². The number of carbonyl (C=O) groups is 3. The monoisotopic (exact) mass is 363 g/mol. The summed E-state index contributed by atoms with van der Waals surface area (Å²) in [6.45, 7) is 4.77. The molecule has 0 saturated heterocycles. The van der Waals surface area contributed by atoms with Gasteiger partial charge in [0.15, 0.2) is 0 Å². The number of hydrogen-bond acceptors (Lipinski definition) is 4. The van der Waals surface area contributed by atoms with Gasteiger partial charge in [-0.15, -0.1) is 0 Å². The molecule has 0 saturated carbocycles. The molecule has 142 valence electrons. The van der Waals surface area contributed by atoms with E-state index in [4.69, 9.17) is 4.74 Å². The molecule has 0 fully saturated rings. The SMILES string of the molecule is CC(C)(C)OC(=O)N[C@@H](CNC(=O)NC1CCc2ccccc21)C(=O)O. The topological polar surface area (TPSA) is 117 Å². The minimum Gasteiger partial charge on any atom is -0.480 e. The van der Waals surface area contributed by atoms with Crippen molar-refractivity contribution in [2.24, 2.45) is 0 Å². The van der Waals surface area contributed by atoms with Gasteiger partial charge in [0.25, 0.3) is 0 Å². The van der Waals surface area contributed by atoms with Gasteiger partial charge >= 0.3 is 18.1 Å². The third-order valence-electron chi connectivity index (χ3n) is 3.89. The zero-order chi connectivity index (χ0) is 19.3. The fraction of sp³-hybridized carbons (Fsp3) is 0.500. The number of ether oxygens (including phenoxy) is 1. The average molecular weight is 363 g/mol. The second kappa shape index (κ2) is 8.07. The van der Waals surface area contributed by atoms with Crippen molar-refractivity contribution in [3.63, 3.8) is 0 Å². The van der Waals surface area contributed by atoms with Gasteiger partial charge in [-0.25, -0.2) is 14.4 Å². The second-order valence-electron chi connectivity index (χ2n) is 7.18. The molecule has 0 bridgehead atoms. The first kappa shape index (κ1) is 19.6. The molecule has 0 heterocycles. The number of carboxylic acid groups (broad SMARTS) is 1. The summed E-state index contributed by atoms with van der Waals surface area (Å²) in [5.41, 5.74) is 1.53. The van der Waals surface area contributed by atoms with Gasteiger partial charge in [0, 0.05) is 0 Å². The van der Waals surface area contributed by atoms with E-state index < -0.39 is 29.7 Å². The zero-order valence-corrected chi connectivity index (χ0v) is 15.2. The summed E-state index contributed by atoms with van der Waals surface area (Å²) in [5, 5.41) is 16.8. The maximum atomic E-state index is 12.1. The molecule has 0 aromatic heterocycles. The first-order chi connectivity index (χ1) is 12.2. The zero-order valence-electron chi connectivity index (χ0n) is 15.2. The third-order valence-corrected chi connectivity index (χ3v) is 3.89. The van der Waals surface area contributed by atoms with Gasteiger partial charge in [0.1, 0.15) is 11.6 Å². The van der Waals surface area contributed by atoms with Crippen LogP contribution in [0.15, 0.2) is 24.3 Å². The van der Waals surface area contributed by atoms with Gasteiger partial charge in [-0.05, 0) is 44.7 Å². The van der Waals surface area contributed by atoms with Gasteiger partial charge in [-0.2, -0.15) is 0 Å². The first-order valence-corrected chi connectivity index (χ1v) is 8.50. The molecule has 26 heavy (non-hydrogen) atoms. The van der Waals surface area contributed by atoms with Gasteiger partial charge in [-0.1, -0.05) is 24.3 Å². The lowest BCUT2D eigenvalue weighted by Gasteiger charge is -2.22. The van der Waals surface area contributed by atoms with Gasteiger partial charge < -0.3 is 25.8 Å². The number of carboxylic acids is 1. The van der Waals surface area contributed by atoms with E-state index in [0.717, 1.165) is 18.4 Å². The van der Waals surface area contributed by atoms with Gasteiger partial charge in [0.05, 0.1) is 12.6 Å². The summed E-state index contributed by atoms with van der Waals surface area (Å²) in [6.07, 6.45) is 0.835. The number of aryl methyl sites for hydroxylation is 1. The predicted octanol–water partition coefficient (Wildman–Crippen LogP) is 1.95. The quantitative estimate of drug-likeness (QED) is 0.638. The Morgan fingerprint density at radius 3 is 2.62 bits per heavy atom. The molecular weight excluding hydrogens is 338 g/mol. The summed E-state index contributed by atoms with van der Waals surface area (Å²) >= 11 is 0. The molecule has 1 aliphatic rings. The lowest BCUT2D eigenvalue weighted by Crippen LogP contribution is -2.51. The number of benzene rings is 1. The third kappa shape index (κ3) is 5.65. The molecular formula is C18H25N3O5. The molecule has 0 radical (unpaired) electrons. The molecule has 0 spiro atoms. The van der Waals surface area contributed by atoms with Crippen molar-refractivity contribution >= 4 is 18.1 Å². The minimum atomic E-state index is -1.29. The molecule has 2 atom stereocenters. The number of urea groups is 1. The van der Waals surface area contributed by atoms with E-state index in [-0.39, 0.29) is 12.6 Å². The van der Waals surface area contributed by atoms with Crippen LogP contribution >= 0.6 is 0 Å². The van der Waals surface area contributed by atoms with Crippen LogP contribution in [-0.2, 0) is 16.0 Å². The Bertz CT molecular complexity index is 684. The molecule has 8 nitrogen and oxygen atoms in total. The first-order valence-electron chi connectivity index (χ1n) is 8.50. The van der Waals surface area contributed by atoms with Crippen molar-refractivity contribution in [1.29, 1.82) is 0 Å². The Hall–Kier alpha value is -2.77. The fourth-order valence-electron chi connectivity index (χ4n) is 2.76. The van der Waals surface area contributed by atoms with Crippen LogP contribution in [0.25, 0.3) is 0 Å². The van der Waals surface area contributed by atoms with Crippen molar-refractivity contribution in [3.8, 4) is 0 Å². The van der Waals surface area contributed by atoms with E-state index in [2.05, 4.69) is 16.0 Å². The molecule has 1 aromatic carbocycles. The number of carbonyl (C=O) groups excluding carboxylic acids is 2. The second-order valence-corrected chi connectivity index (χ2v) is 7.18. The number of hydrogen-bond donors (Lipinski definition) is 4. The predicted molar refractivity (Wildman–Crippen MR) is 94.8 cm³/mol. The van der Waals surface area contributed by atoms with Crippen LogP contribution < -0.4 is 16.0 Å². The molecule has 1 unspecified atom stereocenters. The van der Waals surface area contributed by atoms with Crippen molar-refractivity contribution < 1.29 is 24.2 Å². The van der Waals surface area contributed by atoms with Crippen LogP contribution in [-0.4, -0.2) is 41.4 Å². The summed E-state index contributed by atoms with van der Waals surface area (Å²) in [4.78, 5) is 35.1. The van der Waals surface area contributed by atoms with Crippen molar-refractivity contribution in [1.82, 2.24) is 16.0 Å². The van der Waals surface area contributed by atoms with Crippen LogP contribution in [0.2, 0.25) is 0 Å². The lowest BCUT2D eigenvalue weighted by molar-refractivity contribution is -0.139. The van der Waals surface area contributed by atoms with Crippen molar-refractivity contribution in [2.45, 2.75) is 51.3 Å². The fourth-order valence-corrected chi connectivity index (χ4v) is 2.76. The summed E-state index contributed by atoms with van der Waals surface area (Å²) in [7, 11) is 0. The summed E-state index contributed by atoms with van der Waals surface area (Å²) < 4.78 is 5.03. The number of alkyl carbamates (subject to hydrolysis) is 1. The van der Waals surface area contributed by atoms with E-state index in [1.165, 1.54) is 5.56 Å². The Labute approximate surface area is 152 Å². The molecule has 0 aliphatic heterocycles. The largest absolute Gasteiger partial charge is 0.480 e. The smallest absolute Gasteiger partial charge is 0.408 e. The minimum absolute atomic E-state index is 0.103. The Balaban J connectivity index is 1.84. The van der Waals surface area contributed by atoms with Crippen molar-refractivity contribution in [3.05, 3.63) is 35.4 Å². The summed E-state index contributed by atoms with van der Waals surface area (Å²) in [5.74, 6) is -1.26. The molecule has 2 rings (SSSR count). The molecule has 8 heteroatoms. The number of rotatable bonds is 5. The lowest BCUT2D eigenvalue weighted by atomic mass is 10.1. The molecule has 4 N–H and O–H groups in total. The summed E-state index contributed by atoms with van der Waals surface area (Å²) in [6, 6.07) is 6.00. The van der Waals surface area contributed by atoms with Crippen molar-refractivity contribution in [2.75, 3.05) is 6.54 Å². The van der Waals surface area contributed by atoms with Crippen LogP contribution in [0.3, 0.4) is 0 Å². The number of aliphatic carboxylic acids is 1. The van der Waals surface area contributed by atoms with Crippen LogP contribution in [0.4, 0.5) is 9.59 Å².